The quantitative estimate of drug-likeness (QED) is 0.487. The molecule has 0 heterocycles. The van der Waals surface area contributed by atoms with E-state index in [1.165, 1.54) is 12.1 Å². The highest BCUT2D eigenvalue weighted by atomic mass is 32.2. The molecular weight excluding hydrogens is 219 g/mol. The predicted molar refractivity (Wildman–Crippen MR) is 43.7 cm³/mol. The van der Waals surface area contributed by atoms with Crippen LogP contribution in [0.15, 0.2) is 29.2 Å². The van der Waals surface area contributed by atoms with Gasteiger partial charge in [0, 0.05) is 4.90 Å². The van der Waals surface area contributed by atoms with E-state index in [9.17, 15) is 13.2 Å². The van der Waals surface area contributed by atoms with Gasteiger partial charge in [0.1, 0.15) is 0 Å². The molecule has 78 valence electrons. The van der Waals surface area contributed by atoms with Crippen LogP contribution >= 0.6 is 12.0 Å². The summed E-state index contributed by atoms with van der Waals surface area (Å²) in [4.78, 5) is 4.25. The molecule has 0 spiro atoms. The van der Waals surface area contributed by atoms with Crippen molar-refractivity contribution in [3.63, 3.8) is 0 Å². The molecule has 0 aliphatic rings. The summed E-state index contributed by atoms with van der Waals surface area (Å²) in [5.74, 6) is 4.55. The van der Waals surface area contributed by atoms with E-state index >= 15 is 0 Å². The van der Waals surface area contributed by atoms with Crippen LogP contribution in [0.3, 0.4) is 0 Å². The normalized spacial score (nSPS) is 11.7. The molecule has 0 amide bonds. The van der Waals surface area contributed by atoms with Gasteiger partial charge >= 0.3 is 6.18 Å². The third kappa shape index (κ3) is 3.18. The molecule has 1 rings (SSSR count). The van der Waals surface area contributed by atoms with Crippen molar-refractivity contribution in [1.29, 1.82) is 0 Å². The molecule has 0 aromatic heterocycles. The van der Waals surface area contributed by atoms with Crippen molar-refractivity contribution >= 4 is 12.0 Å². The minimum Gasteiger partial charge on any atom is -0.182 e. The van der Waals surface area contributed by atoms with Crippen molar-refractivity contribution in [3.8, 4) is 0 Å². The molecule has 0 fully saturated rings. The van der Waals surface area contributed by atoms with Crippen molar-refractivity contribution in [2.75, 3.05) is 0 Å². The third-order valence-electron chi connectivity index (χ3n) is 1.35. The van der Waals surface area contributed by atoms with Crippen LogP contribution in [-0.4, -0.2) is 0 Å². The minimum absolute atomic E-state index is 0.462. The van der Waals surface area contributed by atoms with Crippen molar-refractivity contribution in [2.24, 2.45) is 5.90 Å². The van der Waals surface area contributed by atoms with E-state index in [0.29, 0.717) is 4.90 Å². The molecule has 0 aliphatic heterocycles. The number of alkyl halides is 3. The Bertz CT molecular complexity index is 288. The van der Waals surface area contributed by atoms with Crippen molar-refractivity contribution in [2.45, 2.75) is 11.1 Å². The summed E-state index contributed by atoms with van der Waals surface area (Å²) in [5.41, 5.74) is -0.712. The molecule has 0 saturated heterocycles. The number of hydrogen-bond acceptors (Lipinski definition) is 4. The fourth-order valence-electron chi connectivity index (χ4n) is 0.758. The summed E-state index contributed by atoms with van der Waals surface area (Å²) in [7, 11) is 0. The summed E-state index contributed by atoms with van der Waals surface area (Å²) in [5, 5.41) is 0. The van der Waals surface area contributed by atoms with Crippen molar-refractivity contribution in [1.82, 2.24) is 0 Å². The maximum absolute atomic E-state index is 12.1. The number of benzene rings is 1. The van der Waals surface area contributed by atoms with E-state index < -0.39 is 11.7 Å². The summed E-state index contributed by atoms with van der Waals surface area (Å²) in [6, 6.07) is 4.41. The van der Waals surface area contributed by atoms with E-state index in [0.717, 1.165) is 24.2 Å². The zero-order valence-electron chi connectivity index (χ0n) is 6.75. The van der Waals surface area contributed by atoms with Gasteiger partial charge < -0.3 is 0 Å². The highest BCUT2D eigenvalue weighted by Gasteiger charge is 2.29. The van der Waals surface area contributed by atoms with Crippen molar-refractivity contribution in [3.05, 3.63) is 29.8 Å². The zero-order valence-corrected chi connectivity index (χ0v) is 7.56. The lowest BCUT2D eigenvalue weighted by Crippen LogP contribution is -2.04. The average Bonchev–Trinajstić information content (AvgIpc) is 2.14. The molecule has 0 unspecified atom stereocenters. The van der Waals surface area contributed by atoms with Gasteiger partial charge in [-0.1, -0.05) is 0 Å². The average molecular weight is 225 g/mol. The first-order chi connectivity index (χ1) is 6.54. The maximum Gasteiger partial charge on any atom is 0.416 e. The van der Waals surface area contributed by atoms with Gasteiger partial charge in [-0.3, -0.25) is 0 Å². The molecule has 0 saturated carbocycles. The molecule has 14 heavy (non-hydrogen) atoms. The van der Waals surface area contributed by atoms with Crippen LogP contribution < -0.4 is 5.90 Å². The van der Waals surface area contributed by atoms with Crippen LogP contribution in [0.2, 0.25) is 0 Å². The van der Waals surface area contributed by atoms with Crippen LogP contribution in [0.25, 0.3) is 0 Å². The second-order valence-corrected chi connectivity index (χ2v) is 3.04. The van der Waals surface area contributed by atoms with E-state index in [1.807, 2.05) is 0 Å². The first-order valence-electron chi connectivity index (χ1n) is 3.41. The van der Waals surface area contributed by atoms with Crippen LogP contribution in [0.1, 0.15) is 5.56 Å². The highest BCUT2D eigenvalue weighted by molar-refractivity contribution is 7.94. The largest absolute Gasteiger partial charge is 0.416 e. The fraction of sp³-hybridized carbons (Fsp3) is 0.143. The van der Waals surface area contributed by atoms with Gasteiger partial charge in [0.2, 0.25) is 0 Å². The minimum atomic E-state index is -4.32. The lowest BCUT2D eigenvalue weighted by atomic mass is 10.2. The molecule has 2 N–H and O–H groups in total. The van der Waals surface area contributed by atoms with Crippen LogP contribution in [0.4, 0.5) is 13.2 Å². The Morgan fingerprint density at radius 3 is 2.14 bits per heavy atom. The first kappa shape index (κ1) is 11.3. The molecule has 7 heteroatoms. The van der Waals surface area contributed by atoms with Crippen LogP contribution in [-0.2, 0) is 15.5 Å². The standard InChI is InChI=1S/C7H6F3NO2S/c8-7(9,10)5-1-3-6(4-2-5)14-13-12-11/h1-4H,11H2. The Kier molecular flexibility index (Phi) is 3.76. The molecule has 3 nitrogen and oxygen atoms in total. The van der Waals surface area contributed by atoms with E-state index in [4.69, 9.17) is 0 Å². The molecule has 1 aromatic rings. The number of halogens is 3. The van der Waals surface area contributed by atoms with Gasteiger partial charge in [0.25, 0.3) is 0 Å². The Morgan fingerprint density at radius 1 is 1.14 bits per heavy atom. The molecular formula is C7H6F3NO2S. The predicted octanol–water partition coefficient (Wildman–Crippen LogP) is 2.53. The van der Waals surface area contributed by atoms with Gasteiger partial charge in [0.15, 0.2) is 0 Å². The molecule has 0 aliphatic carbocycles. The van der Waals surface area contributed by atoms with E-state index in [2.05, 4.69) is 15.2 Å². The van der Waals surface area contributed by atoms with Crippen LogP contribution in [0.5, 0.6) is 0 Å². The lowest BCUT2D eigenvalue weighted by molar-refractivity contribution is -0.195. The second kappa shape index (κ2) is 4.65. The van der Waals surface area contributed by atoms with Gasteiger partial charge in [-0.05, 0) is 24.3 Å². The monoisotopic (exact) mass is 225 g/mol. The summed E-state index contributed by atoms with van der Waals surface area (Å²) >= 11 is 0.725. The first-order valence-corrected chi connectivity index (χ1v) is 4.15. The van der Waals surface area contributed by atoms with Gasteiger partial charge in [0.05, 0.1) is 17.6 Å². The second-order valence-electron chi connectivity index (χ2n) is 2.27. The SMILES string of the molecule is NOOSc1ccc(C(F)(F)F)cc1. The summed E-state index contributed by atoms with van der Waals surface area (Å²) in [6.07, 6.45) is -4.32. The Hall–Kier alpha value is -0.760. The molecule has 1 aromatic carbocycles. The summed E-state index contributed by atoms with van der Waals surface area (Å²) in [6.45, 7) is 0. The van der Waals surface area contributed by atoms with Gasteiger partial charge in [-0.25, -0.2) is 0 Å². The Labute approximate surface area is 82.1 Å². The highest BCUT2D eigenvalue weighted by Crippen LogP contribution is 2.30. The number of rotatable bonds is 3. The van der Waals surface area contributed by atoms with Crippen LogP contribution in [0, 0.1) is 0 Å². The smallest absolute Gasteiger partial charge is 0.182 e. The van der Waals surface area contributed by atoms with E-state index in [1.54, 1.807) is 0 Å². The topological polar surface area (TPSA) is 44.5 Å². The van der Waals surface area contributed by atoms with Gasteiger partial charge in [-0.15, -0.1) is 9.32 Å². The Balaban J connectivity index is 2.69. The molecule has 0 atom stereocenters. The third-order valence-corrected chi connectivity index (χ3v) is 1.96. The van der Waals surface area contributed by atoms with Gasteiger partial charge in [-0.2, -0.15) is 19.1 Å². The summed E-state index contributed by atoms with van der Waals surface area (Å²) < 4.78 is 40.5. The lowest BCUT2D eigenvalue weighted by Gasteiger charge is -2.06. The number of nitrogens with two attached hydrogens (primary N) is 1. The zero-order chi connectivity index (χ0) is 10.6. The number of hydrogen-bond donors (Lipinski definition) is 1. The Morgan fingerprint density at radius 2 is 1.71 bits per heavy atom. The molecule has 0 radical (unpaired) electrons. The maximum atomic E-state index is 12.1. The molecule has 0 bridgehead atoms. The van der Waals surface area contributed by atoms with E-state index in [-0.39, 0.29) is 0 Å². The van der Waals surface area contributed by atoms with Crippen molar-refractivity contribution < 1.29 is 22.5 Å². The fourth-order valence-corrected chi connectivity index (χ4v) is 1.12.